The molecule has 0 N–H and O–H groups in total. The molecule has 60 valence electrons. The van der Waals surface area contributed by atoms with E-state index in [0.717, 1.165) is 0 Å². The Kier molecular flexibility index (Phi) is 1.46. The van der Waals surface area contributed by atoms with Crippen LogP contribution in [-0.4, -0.2) is 5.25 Å². The summed E-state index contributed by atoms with van der Waals surface area (Å²) in [5.74, 6) is 0. The molecule has 12 heavy (non-hydrogen) atoms. The Balaban J connectivity index is 2.46. The van der Waals surface area contributed by atoms with Crippen LogP contribution in [0.15, 0.2) is 22.9 Å². The van der Waals surface area contributed by atoms with Gasteiger partial charge in [-0.1, -0.05) is 12.2 Å². The van der Waals surface area contributed by atoms with E-state index in [1.165, 1.54) is 16.2 Å². The van der Waals surface area contributed by atoms with Gasteiger partial charge in [0.15, 0.2) is 0 Å². The maximum absolute atomic E-state index is 2.37. The van der Waals surface area contributed by atoms with Crippen molar-refractivity contribution in [2.45, 2.75) is 11.7 Å². The highest BCUT2D eigenvalue weighted by molar-refractivity contribution is 8.03. The van der Waals surface area contributed by atoms with Gasteiger partial charge in [-0.05, 0) is 34.1 Å². The summed E-state index contributed by atoms with van der Waals surface area (Å²) in [5.41, 5.74) is 1.54. The van der Waals surface area contributed by atoms with Crippen LogP contribution in [0.1, 0.15) is 6.42 Å². The van der Waals surface area contributed by atoms with Gasteiger partial charge in [0.05, 0.1) is 0 Å². The van der Waals surface area contributed by atoms with Gasteiger partial charge in [0.25, 0.3) is 0 Å². The van der Waals surface area contributed by atoms with Gasteiger partial charge in [0.2, 0.25) is 0 Å². The number of thioether (sulfide) groups is 1. The number of hydrogen-bond donors (Lipinski definition) is 0. The smallest absolute Gasteiger partial charge is 0.0380 e. The number of allylic oxidation sites excluding steroid dienone is 1. The van der Waals surface area contributed by atoms with Gasteiger partial charge >= 0.3 is 0 Å². The van der Waals surface area contributed by atoms with E-state index in [9.17, 15) is 0 Å². The van der Waals surface area contributed by atoms with E-state index < -0.39 is 0 Å². The third-order valence-electron chi connectivity index (χ3n) is 2.36. The Labute approximate surface area is 79.3 Å². The van der Waals surface area contributed by atoms with E-state index in [4.69, 9.17) is 0 Å². The molecule has 0 saturated heterocycles. The Hall–Kier alpha value is -0.470. The third-order valence-corrected chi connectivity index (χ3v) is 4.34. The van der Waals surface area contributed by atoms with Crippen molar-refractivity contribution in [2.75, 3.05) is 0 Å². The highest BCUT2D eigenvalue weighted by atomic mass is 32.2. The molecule has 2 heteroatoms. The largest absolute Gasteiger partial charge is 0.144 e. The maximum atomic E-state index is 2.37. The van der Waals surface area contributed by atoms with E-state index in [1.807, 2.05) is 23.1 Å². The Morgan fingerprint density at radius 2 is 2.42 bits per heavy atom. The van der Waals surface area contributed by atoms with Gasteiger partial charge in [-0.3, -0.25) is 0 Å². The second-order valence-corrected chi connectivity index (χ2v) is 5.08. The fourth-order valence-electron chi connectivity index (χ4n) is 1.77. The van der Waals surface area contributed by atoms with Crippen molar-refractivity contribution in [3.63, 3.8) is 0 Å². The second-order valence-electron chi connectivity index (χ2n) is 3.02. The van der Waals surface area contributed by atoms with Crippen molar-refractivity contribution in [1.82, 2.24) is 0 Å². The highest BCUT2D eigenvalue weighted by Crippen LogP contribution is 2.33. The molecule has 1 unspecified atom stereocenters. The molecule has 0 fully saturated rings. The van der Waals surface area contributed by atoms with Crippen LogP contribution in [-0.2, 0) is 0 Å². The van der Waals surface area contributed by atoms with Crippen molar-refractivity contribution >= 4 is 34.7 Å². The van der Waals surface area contributed by atoms with E-state index in [0.29, 0.717) is 5.25 Å². The third kappa shape index (κ3) is 0.852. The Bertz CT molecular complexity index is 450. The summed E-state index contributed by atoms with van der Waals surface area (Å²) >= 11 is 3.80. The summed E-state index contributed by atoms with van der Waals surface area (Å²) in [6.07, 6.45) is 5.85. The molecule has 1 aliphatic heterocycles. The zero-order valence-corrected chi connectivity index (χ0v) is 8.12. The van der Waals surface area contributed by atoms with Crippen LogP contribution in [0.2, 0.25) is 0 Å². The van der Waals surface area contributed by atoms with Crippen molar-refractivity contribution in [3.8, 4) is 0 Å². The summed E-state index contributed by atoms with van der Waals surface area (Å²) in [7, 11) is 0. The minimum atomic E-state index is 0.715. The van der Waals surface area contributed by atoms with Crippen LogP contribution in [0, 0.1) is 0 Å². The molecule has 0 saturated carbocycles. The molecule has 1 aromatic rings. The number of thiophene rings is 1. The molecule has 0 amide bonds. The first-order valence-corrected chi connectivity index (χ1v) is 5.87. The van der Waals surface area contributed by atoms with Crippen LogP contribution in [0.4, 0.5) is 0 Å². The van der Waals surface area contributed by atoms with Crippen molar-refractivity contribution in [2.24, 2.45) is 0 Å². The molecule has 0 bridgehead atoms. The molecule has 0 radical (unpaired) electrons. The fourth-order valence-corrected chi connectivity index (χ4v) is 3.60. The average Bonchev–Trinajstić information content (AvgIpc) is 2.71. The molecule has 3 rings (SSSR count). The summed E-state index contributed by atoms with van der Waals surface area (Å²) in [6.45, 7) is 0. The quantitative estimate of drug-likeness (QED) is 0.603. The van der Waals surface area contributed by atoms with Gasteiger partial charge in [-0.2, -0.15) is 0 Å². The minimum absolute atomic E-state index is 0.715. The Morgan fingerprint density at radius 1 is 1.42 bits per heavy atom. The molecule has 0 nitrogen and oxygen atoms in total. The lowest BCUT2D eigenvalue weighted by Crippen LogP contribution is -2.27. The van der Waals surface area contributed by atoms with Crippen molar-refractivity contribution in [3.05, 3.63) is 32.7 Å². The molecule has 1 aliphatic carbocycles. The van der Waals surface area contributed by atoms with Crippen LogP contribution in [0.3, 0.4) is 0 Å². The monoisotopic (exact) mass is 192 g/mol. The first-order chi connectivity index (χ1) is 5.95. The standard InChI is InChI=1S/C10H8S2/c1-2-10-8(4-6-12-10)7-3-5-11-9(1)7/h1,3-6,10H,2H2. The topological polar surface area (TPSA) is 0 Å². The number of fused-ring (bicyclic) bond motifs is 2. The fraction of sp³-hybridized carbons (Fsp3) is 0.200. The molecule has 2 aliphatic rings. The lowest BCUT2D eigenvalue weighted by Gasteiger charge is -2.10. The zero-order valence-electron chi connectivity index (χ0n) is 6.49. The second kappa shape index (κ2) is 2.51. The molecule has 0 spiro atoms. The predicted octanol–water partition coefficient (Wildman–Crippen LogP) is 1.71. The summed E-state index contributed by atoms with van der Waals surface area (Å²) in [6, 6.07) is 2.24. The first kappa shape index (κ1) is 6.98. The van der Waals surface area contributed by atoms with Gasteiger partial charge in [0.1, 0.15) is 0 Å². The van der Waals surface area contributed by atoms with Crippen molar-refractivity contribution in [1.29, 1.82) is 0 Å². The highest BCUT2D eigenvalue weighted by Gasteiger charge is 2.19. The van der Waals surface area contributed by atoms with Crippen LogP contribution < -0.4 is 9.75 Å². The van der Waals surface area contributed by atoms with E-state index in [-0.39, 0.29) is 0 Å². The number of rotatable bonds is 0. The van der Waals surface area contributed by atoms with Crippen LogP contribution >= 0.6 is 23.1 Å². The van der Waals surface area contributed by atoms with Gasteiger partial charge < -0.3 is 0 Å². The normalized spacial score (nSPS) is 25.0. The zero-order chi connectivity index (χ0) is 7.97. The molecular weight excluding hydrogens is 184 g/mol. The molecular formula is C10H8S2. The van der Waals surface area contributed by atoms with Gasteiger partial charge in [-0.25, -0.2) is 0 Å². The summed E-state index contributed by atoms with van der Waals surface area (Å²) in [5, 5.41) is 6.60. The minimum Gasteiger partial charge on any atom is -0.144 e. The van der Waals surface area contributed by atoms with Crippen LogP contribution in [0.5, 0.6) is 0 Å². The summed E-state index contributed by atoms with van der Waals surface area (Å²) in [4.78, 5) is 0. The molecule has 2 heterocycles. The van der Waals surface area contributed by atoms with E-state index in [1.54, 1.807) is 5.57 Å². The predicted molar refractivity (Wildman–Crippen MR) is 56.6 cm³/mol. The Morgan fingerprint density at radius 3 is 3.42 bits per heavy atom. The maximum Gasteiger partial charge on any atom is 0.0380 e. The molecule has 0 aromatic carbocycles. The molecule has 1 aromatic heterocycles. The van der Waals surface area contributed by atoms with Gasteiger partial charge in [-0.15, -0.1) is 23.1 Å². The average molecular weight is 192 g/mol. The van der Waals surface area contributed by atoms with Crippen molar-refractivity contribution < 1.29 is 0 Å². The SMILES string of the molecule is C1=CC2=c3ccsc3=CCC2S1. The van der Waals surface area contributed by atoms with E-state index in [2.05, 4.69) is 29.0 Å². The number of hydrogen-bond acceptors (Lipinski definition) is 2. The molecule has 1 atom stereocenters. The van der Waals surface area contributed by atoms with E-state index >= 15 is 0 Å². The van der Waals surface area contributed by atoms with Crippen LogP contribution in [0.25, 0.3) is 11.6 Å². The summed E-state index contributed by atoms with van der Waals surface area (Å²) < 4.78 is 1.47. The van der Waals surface area contributed by atoms with Gasteiger partial charge in [0, 0.05) is 9.78 Å². The lowest BCUT2D eigenvalue weighted by atomic mass is 10.0. The lowest BCUT2D eigenvalue weighted by molar-refractivity contribution is 1.13. The first-order valence-electron chi connectivity index (χ1n) is 4.05.